The topological polar surface area (TPSA) is 87.7 Å². The van der Waals surface area contributed by atoms with E-state index in [0.717, 1.165) is 24.8 Å². The van der Waals surface area contributed by atoms with Crippen molar-refractivity contribution in [2.45, 2.75) is 38.6 Å². The Labute approximate surface area is 160 Å². The van der Waals surface area contributed by atoms with Gasteiger partial charge in [-0.2, -0.15) is 0 Å². The van der Waals surface area contributed by atoms with Crippen molar-refractivity contribution in [2.75, 3.05) is 32.8 Å². The summed E-state index contributed by atoms with van der Waals surface area (Å²) in [5.41, 5.74) is 1.16. The molecule has 1 aliphatic rings. The number of carbonyl (C=O) groups excluding carboxylic acids is 3. The van der Waals surface area contributed by atoms with Gasteiger partial charge in [0, 0.05) is 19.6 Å². The minimum Gasteiger partial charge on any atom is -0.466 e. The summed E-state index contributed by atoms with van der Waals surface area (Å²) in [6.07, 6.45) is 2.45. The molecule has 1 heterocycles. The van der Waals surface area contributed by atoms with Crippen molar-refractivity contribution in [3.63, 3.8) is 0 Å². The van der Waals surface area contributed by atoms with Crippen LogP contribution in [0.3, 0.4) is 0 Å². The number of carbonyl (C=O) groups is 3. The summed E-state index contributed by atoms with van der Waals surface area (Å²) in [7, 11) is 0. The summed E-state index contributed by atoms with van der Waals surface area (Å²) >= 11 is 0. The highest BCUT2D eigenvalue weighted by Crippen LogP contribution is 2.10. The lowest BCUT2D eigenvalue weighted by Crippen LogP contribution is -2.58. The maximum Gasteiger partial charge on any atom is 0.307 e. The lowest BCUT2D eigenvalue weighted by Gasteiger charge is -2.33. The van der Waals surface area contributed by atoms with Gasteiger partial charge in [-0.3, -0.25) is 19.3 Å². The molecule has 2 N–H and O–H groups in total. The SMILES string of the molecule is CCCCOC(=O)CC1C(=O)NCCN1CC(=O)NCCc1ccccc1. The molecule has 7 nitrogen and oxygen atoms in total. The number of hydrogen-bond donors (Lipinski definition) is 2. The molecule has 1 aromatic carbocycles. The summed E-state index contributed by atoms with van der Waals surface area (Å²) in [5.74, 6) is -0.782. The molecule has 2 rings (SSSR count). The first kappa shape index (κ1) is 20.9. The predicted molar refractivity (Wildman–Crippen MR) is 102 cm³/mol. The molecule has 27 heavy (non-hydrogen) atoms. The second kappa shape index (κ2) is 11.3. The molecule has 0 aromatic heterocycles. The van der Waals surface area contributed by atoms with Crippen LogP contribution in [0.2, 0.25) is 0 Å². The minimum atomic E-state index is -0.659. The van der Waals surface area contributed by atoms with Crippen molar-refractivity contribution in [2.24, 2.45) is 0 Å². The van der Waals surface area contributed by atoms with Gasteiger partial charge < -0.3 is 15.4 Å². The molecule has 0 bridgehead atoms. The van der Waals surface area contributed by atoms with Gasteiger partial charge in [-0.25, -0.2) is 0 Å². The maximum absolute atomic E-state index is 12.2. The van der Waals surface area contributed by atoms with Crippen LogP contribution in [0, 0.1) is 0 Å². The van der Waals surface area contributed by atoms with E-state index in [1.54, 1.807) is 4.90 Å². The van der Waals surface area contributed by atoms with Crippen molar-refractivity contribution in [3.8, 4) is 0 Å². The number of rotatable bonds is 10. The van der Waals surface area contributed by atoms with Crippen molar-refractivity contribution >= 4 is 17.8 Å². The largest absolute Gasteiger partial charge is 0.466 e. The molecule has 1 atom stereocenters. The van der Waals surface area contributed by atoms with E-state index < -0.39 is 12.0 Å². The van der Waals surface area contributed by atoms with E-state index in [1.165, 1.54) is 0 Å². The Morgan fingerprint density at radius 3 is 2.81 bits per heavy atom. The van der Waals surface area contributed by atoms with Crippen LogP contribution in [0.4, 0.5) is 0 Å². The predicted octanol–water partition coefficient (Wildman–Crippen LogP) is 0.879. The van der Waals surface area contributed by atoms with Crippen LogP contribution in [0.15, 0.2) is 30.3 Å². The molecule has 7 heteroatoms. The number of nitrogens with zero attached hydrogens (tertiary/aromatic N) is 1. The third kappa shape index (κ3) is 7.38. The van der Waals surface area contributed by atoms with Crippen LogP contribution in [-0.2, 0) is 25.5 Å². The fourth-order valence-corrected chi connectivity index (χ4v) is 2.95. The van der Waals surface area contributed by atoms with Gasteiger partial charge in [-0.15, -0.1) is 0 Å². The van der Waals surface area contributed by atoms with E-state index in [1.807, 2.05) is 37.3 Å². The zero-order valence-corrected chi connectivity index (χ0v) is 15.9. The number of esters is 1. The number of unbranched alkanes of at least 4 members (excludes halogenated alkanes) is 1. The Morgan fingerprint density at radius 2 is 2.07 bits per heavy atom. The van der Waals surface area contributed by atoms with Gasteiger partial charge in [0.25, 0.3) is 0 Å². The molecule has 1 fully saturated rings. The number of benzene rings is 1. The molecule has 2 amide bonds. The molecular weight excluding hydrogens is 346 g/mol. The Bertz CT molecular complexity index is 621. The molecule has 1 aliphatic heterocycles. The van der Waals surface area contributed by atoms with Crippen LogP contribution < -0.4 is 10.6 Å². The molecule has 0 radical (unpaired) electrons. The third-order valence-corrected chi connectivity index (χ3v) is 4.49. The Balaban J connectivity index is 1.79. The zero-order valence-electron chi connectivity index (χ0n) is 15.9. The molecule has 1 aromatic rings. The summed E-state index contributed by atoms with van der Waals surface area (Å²) in [4.78, 5) is 38.1. The van der Waals surface area contributed by atoms with Crippen molar-refractivity contribution in [1.29, 1.82) is 0 Å². The first-order chi connectivity index (χ1) is 13.1. The quantitative estimate of drug-likeness (QED) is 0.468. The van der Waals surface area contributed by atoms with Gasteiger partial charge in [0.15, 0.2) is 0 Å². The molecule has 1 unspecified atom stereocenters. The highest BCUT2D eigenvalue weighted by atomic mass is 16.5. The van der Waals surface area contributed by atoms with Crippen LogP contribution in [0.1, 0.15) is 31.7 Å². The summed E-state index contributed by atoms with van der Waals surface area (Å²) in [6, 6.07) is 9.26. The van der Waals surface area contributed by atoms with E-state index in [2.05, 4.69) is 10.6 Å². The number of hydrogen-bond acceptors (Lipinski definition) is 5. The van der Waals surface area contributed by atoms with Gasteiger partial charge in [0.05, 0.1) is 19.6 Å². The standard InChI is InChI=1S/C20H29N3O4/c1-2-3-13-27-19(25)14-17-20(26)22-11-12-23(17)15-18(24)21-10-9-16-7-5-4-6-8-16/h4-8,17H,2-3,9-15H2,1H3,(H,21,24)(H,22,26). The molecule has 148 valence electrons. The summed E-state index contributed by atoms with van der Waals surface area (Å²) < 4.78 is 5.15. The van der Waals surface area contributed by atoms with Crippen molar-refractivity contribution in [1.82, 2.24) is 15.5 Å². The summed E-state index contributed by atoms with van der Waals surface area (Å²) in [6.45, 7) is 4.01. The average Bonchev–Trinajstić information content (AvgIpc) is 2.66. The highest BCUT2D eigenvalue weighted by Gasteiger charge is 2.33. The zero-order chi connectivity index (χ0) is 19.5. The second-order valence-corrected chi connectivity index (χ2v) is 6.64. The molecule has 0 spiro atoms. The normalized spacial score (nSPS) is 17.2. The lowest BCUT2D eigenvalue weighted by atomic mass is 10.1. The monoisotopic (exact) mass is 375 g/mol. The van der Waals surface area contributed by atoms with Crippen LogP contribution >= 0.6 is 0 Å². The van der Waals surface area contributed by atoms with E-state index in [9.17, 15) is 14.4 Å². The first-order valence-electron chi connectivity index (χ1n) is 9.58. The minimum absolute atomic E-state index is 0.0349. The van der Waals surface area contributed by atoms with E-state index >= 15 is 0 Å². The van der Waals surface area contributed by atoms with Crippen LogP contribution in [0.5, 0.6) is 0 Å². The van der Waals surface area contributed by atoms with Crippen LogP contribution in [-0.4, -0.2) is 61.5 Å². The molecule has 0 aliphatic carbocycles. The number of ether oxygens (including phenoxy) is 1. The van der Waals surface area contributed by atoms with Gasteiger partial charge in [-0.1, -0.05) is 43.7 Å². The fourth-order valence-electron chi connectivity index (χ4n) is 2.95. The van der Waals surface area contributed by atoms with Gasteiger partial charge >= 0.3 is 5.97 Å². The second-order valence-electron chi connectivity index (χ2n) is 6.64. The fraction of sp³-hybridized carbons (Fsp3) is 0.550. The highest BCUT2D eigenvalue weighted by molar-refractivity contribution is 5.88. The van der Waals surface area contributed by atoms with Gasteiger partial charge in [0.1, 0.15) is 6.04 Å². The first-order valence-corrected chi connectivity index (χ1v) is 9.58. The number of piperazine rings is 1. The van der Waals surface area contributed by atoms with E-state index in [4.69, 9.17) is 4.74 Å². The average molecular weight is 375 g/mol. The Hall–Kier alpha value is -2.41. The molecule has 0 saturated carbocycles. The van der Waals surface area contributed by atoms with E-state index in [-0.39, 0.29) is 24.8 Å². The van der Waals surface area contributed by atoms with Gasteiger partial charge in [-0.05, 0) is 18.4 Å². The van der Waals surface area contributed by atoms with E-state index in [0.29, 0.717) is 26.2 Å². The summed E-state index contributed by atoms with van der Waals surface area (Å²) in [5, 5.41) is 5.63. The van der Waals surface area contributed by atoms with Crippen molar-refractivity contribution in [3.05, 3.63) is 35.9 Å². The van der Waals surface area contributed by atoms with Gasteiger partial charge in [0.2, 0.25) is 11.8 Å². The molecule has 1 saturated heterocycles. The smallest absolute Gasteiger partial charge is 0.307 e. The number of nitrogens with one attached hydrogen (secondary N) is 2. The Kier molecular flexibility index (Phi) is 8.77. The van der Waals surface area contributed by atoms with Crippen LogP contribution in [0.25, 0.3) is 0 Å². The third-order valence-electron chi connectivity index (χ3n) is 4.49. The molecular formula is C20H29N3O4. The van der Waals surface area contributed by atoms with Crippen molar-refractivity contribution < 1.29 is 19.1 Å². The maximum atomic E-state index is 12.2. The lowest BCUT2D eigenvalue weighted by molar-refractivity contribution is -0.149. The number of amides is 2. The Morgan fingerprint density at radius 1 is 1.30 bits per heavy atom.